The molecule has 0 spiro atoms. The summed E-state index contributed by atoms with van der Waals surface area (Å²) in [6.07, 6.45) is 1.92. The van der Waals surface area contributed by atoms with E-state index in [0.717, 1.165) is 19.4 Å². The van der Waals surface area contributed by atoms with E-state index in [9.17, 15) is 19.4 Å². The van der Waals surface area contributed by atoms with Gasteiger partial charge in [0.2, 0.25) is 14.1 Å². The molecule has 3 rings (SSSR count). The summed E-state index contributed by atoms with van der Waals surface area (Å²) in [5.74, 6) is -0.560. The largest absolute Gasteiger partial charge is 0.536 e. The molecule has 33 heavy (non-hydrogen) atoms. The number of nitrogens with two attached hydrogens (primary N) is 1. The molecule has 0 bridgehead atoms. The molecule has 0 aromatic heterocycles. The molecule has 3 N–H and O–H groups in total. The lowest BCUT2D eigenvalue weighted by atomic mass is 9.44. The van der Waals surface area contributed by atoms with Crippen LogP contribution in [-0.2, 0) is 25.4 Å². The quantitative estimate of drug-likeness (QED) is 0.220. The number of carbonyl (C=O) groups is 3. The molecule has 1 aromatic rings. The van der Waals surface area contributed by atoms with Crippen molar-refractivity contribution in [2.24, 2.45) is 5.73 Å². The topological polar surface area (TPSA) is 138 Å². The number of rotatable bonds is 10. The molecule has 1 aromatic carbocycles. The van der Waals surface area contributed by atoms with E-state index in [1.54, 1.807) is 12.1 Å². The van der Waals surface area contributed by atoms with Gasteiger partial charge in [0.05, 0.1) is 6.61 Å². The predicted octanol–water partition coefficient (Wildman–Crippen LogP) is 0.493. The zero-order valence-corrected chi connectivity index (χ0v) is 18.9. The molecule has 2 aliphatic heterocycles. The van der Waals surface area contributed by atoms with E-state index in [4.69, 9.17) is 24.6 Å². The van der Waals surface area contributed by atoms with Gasteiger partial charge in [-0.3, -0.25) is 4.90 Å². The number of carbonyl (C=O) groups excluding carboxylic acids is 3. The lowest BCUT2D eigenvalue weighted by Gasteiger charge is -2.28. The van der Waals surface area contributed by atoms with Gasteiger partial charge in [0.25, 0.3) is 0 Å². The number of para-hydroxylation sites is 1. The van der Waals surface area contributed by atoms with Crippen LogP contribution in [0, 0.1) is 0 Å². The van der Waals surface area contributed by atoms with Crippen molar-refractivity contribution in [1.82, 2.24) is 4.90 Å². The van der Waals surface area contributed by atoms with Crippen molar-refractivity contribution in [3.63, 3.8) is 0 Å². The van der Waals surface area contributed by atoms with Gasteiger partial charge in [-0.15, -0.1) is 0 Å². The van der Waals surface area contributed by atoms with E-state index >= 15 is 0 Å². The standard InChI is InChI=1S/C21H30B2N2O8/c1-2-3-9-30-21(28)32-13-31-20(27)16-6-4-5-14-10-17(23(29)33-19(14)16)22-18(26)12-25-8-7-15(24)11-25/h4-6,15,17,22,29H,2-3,7-13,24H2,1H3/t15-,17+/m0/s1. The van der Waals surface area contributed by atoms with Crippen molar-refractivity contribution in [3.05, 3.63) is 29.3 Å². The van der Waals surface area contributed by atoms with E-state index < -0.39 is 31.8 Å². The van der Waals surface area contributed by atoms with Gasteiger partial charge in [0, 0.05) is 25.7 Å². The van der Waals surface area contributed by atoms with Crippen molar-refractivity contribution >= 4 is 32.2 Å². The molecule has 2 heterocycles. The third-order valence-corrected chi connectivity index (χ3v) is 5.72. The highest BCUT2D eigenvalue weighted by molar-refractivity contribution is 6.83. The first-order valence-corrected chi connectivity index (χ1v) is 11.3. The molecule has 0 radical (unpaired) electrons. The number of fused-ring (bicyclic) bond motifs is 1. The maximum atomic E-state index is 12.5. The average Bonchev–Trinajstić information content (AvgIpc) is 3.18. The molecule has 0 aliphatic carbocycles. The summed E-state index contributed by atoms with van der Waals surface area (Å²) in [5.41, 5.74) is 6.27. The molecule has 0 saturated carbocycles. The van der Waals surface area contributed by atoms with Gasteiger partial charge in [-0.2, -0.15) is 0 Å². The minimum atomic E-state index is -1.24. The number of hydrogen-bond donors (Lipinski definition) is 2. The third-order valence-electron chi connectivity index (χ3n) is 5.72. The van der Waals surface area contributed by atoms with Crippen LogP contribution in [0.2, 0.25) is 5.72 Å². The number of hydrogen-bond acceptors (Lipinski definition) is 10. The number of ether oxygens (including phenoxy) is 3. The fourth-order valence-electron chi connectivity index (χ4n) is 3.98. The van der Waals surface area contributed by atoms with E-state index in [0.29, 0.717) is 31.5 Å². The highest BCUT2D eigenvalue weighted by Crippen LogP contribution is 2.34. The van der Waals surface area contributed by atoms with Crippen LogP contribution in [0.1, 0.15) is 42.1 Å². The Morgan fingerprint density at radius 2 is 2.12 bits per heavy atom. The lowest BCUT2D eigenvalue weighted by molar-refractivity contribution is -0.113. The maximum Gasteiger partial charge on any atom is 0.518 e. The van der Waals surface area contributed by atoms with Gasteiger partial charge in [-0.25, -0.2) is 9.59 Å². The molecular weight excluding hydrogens is 430 g/mol. The smallest absolute Gasteiger partial charge is 0.518 e. The van der Waals surface area contributed by atoms with E-state index in [1.807, 2.05) is 11.8 Å². The third kappa shape index (κ3) is 7.21. The molecule has 1 saturated heterocycles. The van der Waals surface area contributed by atoms with E-state index in [-0.39, 0.29) is 36.9 Å². The van der Waals surface area contributed by atoms with Crippen LogP contribution in [0.5, 0.6) is 5.75 Å². The predicted molar refractivity (Wildman–Crippen MR) is 121 cm³/mol. The Morgan fingerprint density at radius 1 is 1.30 bits per heavy atom. The molecule has 2 atom stereocenters. The zero-order chi connectivity index (χ0) is 23.8. The lowest BCUT2D eigenvalue weighted by Crippen LogP contribution is -2.42. The summed E-state index contributed by atoms with van der Waals surface area (Å²) in [4.78, 5) is 38.4. The van der Waals surface area contributed by atoms with E-state index in [2.05, 4.69) is 0 Å². The monoisotopic (exact) mass is 460 g/mol. The molecule has 10 nitrogen and oxygen atoms in total. The first kappa shape index (κ1) is 25.1. The minimum Gasteiger partial charge on any atom is -0.536 e. The van der Waals surface area contributed by atoms with Crippen LogP contribution in [0.4, 0.5) is 4.79 Å². The SMILES string of the molecule is CCCCOC(=O)OCOC(=O)c1cccc2c1OB(O)[C@@H](BC(=O)CN1CC[C@H](N)C1)C2. The van der Waals surface area contributed by atoms with Crippen molar-refractivity contribution in [2.45, 2.75) is 44.4 Å². The summed E-state index contributed by atoms with van der Waals surface area (Å²) in [6, 6.07) is 5.04. The molecule has 2 aliphatic rings. The Labute approximate surface area is 194 Å². The van der Waals surface area contributed by atoms with Gasteiger partial charge in [0.1, 0.15) is 17.0 Å². The van der Waals surface area contributed by atoms with Crippen molar-refractivity contribution in [1.29, 1.82) is 0 Å². The van der Waals surface area contributed by atoms with Crippen LogP contribution in [0.25, 0.3) is 0 Å². The normalized spacial score (nSPS) is 19.9. The van der Waals surface area contributed by atoms with Crippen molar-refractivity contribution in [2.75, 3.05) is 33.0 Å². The fourth-order valence-corrected chi connectivity index (χ4v) is 3.98. The number of unbranched alkanes of at least 4 members (excludes halogenated alkanes) is 1. The Balaban J connectivity index is 1.52. The van der Waals surface area contributed by atoms with Gasteiger partial charge in [-0.05, 0) is 36.6 Å². The van der Waals surface area contributed by atoms with Crippen LogP contribution in [-0.4, -0.2) is 81.2 Å². The van der Waals surface area contributed by atoms with Crippen molar-refractivity contribution < 1.29 is 38.3 Å². The Morgan fingerprint density at radius 3 is 2.85 bits per heavy atom. The zero-order valence-electron chi connectivity index (χ0n) is 18.9. The first-order valence-electron chi connectivity index (χ1n) is 11.3. The molecule has 178 valence electrons. The van der Waals surface area contributed by atoms with E-state index in [1.165, 1.54) is 6.07 Å². The summed E-state index contributed by atoms with van der Waals surface area (Å²) in [6.45, 7) is 3.39. The number of esters is 1. The molecular formula is C21H30B2N2O8. The first-order chi connectivity index (χ1) is 15.9. The number of benzene rings is 1. The van der Waals surface area contributed by atoms with Gasteiger partial charge in [-0.1, -0.05) is 25.5 Å². The van der Waals surface area contributed by atoms with Crippen LogP contribution in [0.3, 0.4) is 0 Å². The van der Waals surface area contributed by atoms with Gasteiger partial charge in [0.15, 0.2) is 0 Å². The summed E-state index contributed by atoms with van der Waals surface area (Å²) in [5, 5.41) is 10.5. The van der Waals surface area contributed by atoms with Crippen LogP contribution >= 0.6 is 0 Å². The number of likely N-dealkylation sites (tertiary alicyclic amines) is 1. The summed E-state index contributed by atoms with van der Waals surface area (Å²) >= 11 is 0. The Bertz CT molecular complexity index is 856. The van der Waals surface area contributed by atoms with Crippen molar-refractivity contribution in [3.8, 4) is 5.75 Å². The van der Waals surface area contributed by atoms with Gasteiger partial charge < -0.3 is 34.4 Å². The second-order valence-electron chi connectivity index (χ2n) is 8.44. The minimum absolute atomic E-state index is 0.0127. The highest BCUT2D eigenvalue weighted by atomic mass is 16.8. The average molecular weight is 460 g/mol. The van der Waals surface area contributed by atoms with Crippen LogP contribution < -0.4 is 10.4 Å². The maximum absolute atomic E-state index is 12.5. The number of nitrogens with zero attached hydrogens (tertiary/aromatic N) is 1. The fraction of sp³-hybridized carbons (Fsp3) is 0.571. The van der Waals surface area contributed by atoms with Gasteiger partial charge >= 0.3 is 19.2 Å². The second-order valence-corrected chi connectivity index (χ2v) is 8.44. The Hall–Kier alpha value is -2.56. The second kappa shape index (κ2) is 12.1. The molecule has 12 heteroatoms. The molecule has 0 unspecified atom stereocenters. The molecule has 1 fully saturated rings. The summed E-state index contributed by atoms with van der Waals surface area (Å²) in [7, 11) is -1.07. The Kier molecular flexibility index (Phi) is 9.16. The molecule has 0 amide bonds. The highest BCUT2D eigenvalue weighted by Gasteiger charge is 2.39. The summed E-state index contributed by atoms with van der Waals surface area (Å²) < 4.78 is 20.1. The van der Waals surface area contributed by atoms with Crippen LogP contribution in [0.15, 0.2) is 18.2 Å².